The Morgan fingerprint density at radius 2 is 2.15 bits per heavy atom. The number of hydrogen-bond donors (Lipinski definition) is 1. The van der Waals surface area contributed by atoms with Crippen LogP contribution in [0.4, 0.5) is 5.82 Å². The van der Waals surface area contributed by atoms with Gasteiger partial charge in [-0.3, -0.25) is 4.79 Å². The van der Waals surface area contributed by atoms with Gasteiger partial charge in [0.05, 0.1) is 0 Å². The zero-order valence-corrected chi connectivity index (χ0v) is 8.03. The van der Waals surface area contributed by atoms with Crippen LogP contribution in [0.15, 0.2) is 12.4 Å². The predicted molar refractivity (Wildman–Crippen MR) is 50.2 cm³/mol. The third kappa shape index (κ3) is 2.82. The number of rotatable bonds is 2. The molecule has 0 saturated heterocycles. The van der Waals surface area contributed by atoms with Crippen molar-refractivity contribution >= 4 is 11.7 Å². The Bertz CT molecular complexity index is 309. The van der Waals surface area contributed by atoms with Gasteiger partial charge in [-0.1, -0.05) is 13.8 Å². The third-order valence-corrected chi connectivity index (χ3v) is 1.58. The summed E-state index contributed by atoms with van der Waals surface area (Å²) in [6, 6.07) is 1.74. The average molecular weight is 179 g/mol. The van der Waals surface area contributed by atoms with Crippen LogP contribution in [0.5, 0.6) is 0 Å². The second kappa shape index (κ2) is 3.98. The molecule has 0 aliphatic rings. The van der Waals surface area contributed by atoms with Crippen LogP contribution in [-0.4, -0.2) is 15.9 Å². The Labute approximate surface area is 77.4 Å². The molecule has 1 aromatic heterocycles. The minimum absolute atomic E-state index is 0.0295. The molecule has 0 unspecified atom stereocenters. The van der Waals surface area contributed by atoms with E-state index < -0.39 is 0 Å². The number of aromatic nitrogens is 2. The first-order valence-corrected chi connectivity index (χ1v) is 4.19. The van der Waals surface area contributed by atoms with Crippen LogP contribution in [0.1, 0.15) is 19.5 Å². The molecule has 0 aromatic carbocycles. The first kappa shape index (κ1) is 9.64. The van der Waals surface area contributed by atoms with Gasteiger partial charge in [0.15, 0.2) is 0 Å². The first-order chi connectivity index (χ1) is 6.09. The van der Waals surface area contributed by atoms with Gasteiger partial charge in [0, 0.05) is 17.7 Å². The van der Waals surface area contributed by atoms with Crippen molar-refractivity contribution < 1.29 is 4.79 Å². The Hall–Kier alpha value is -1.45. The van der Waals surface area contributed by atoms with Crippen molar-refractivity contribution in [1.82, 2.24) is 9.97 Å². The molecule has 70 valence electrons. The fourth-order valence-corrected chi connectivity index (χ4v) is 0.793. The minimum atomic E-state index is -0.0322. The minimum Gasteiger partial charge on any atom is -0.310 e. The summed E-state index contributed by atoms with van der Waals surface area (Å²) in [7, 11) is 0. The fourth-order valence-electron chi connectivity index (χ4n) is 0.793. The summed E-state index contributed by atoms with van der Waals surface area (Å²) in [5, 5.41) is 2.69. The van der Waals surface area contributed by atoms with Crippen LogP contribution in [0.2, 0.25) is 0 Å². The van der Waals surface area contributed by atoms with Gasteiger partial charge in [-0.25, -0.2) is 9.97 Å². The second-order valence-electron chi connectivity index (χ2n) is 3.19. The van der Waals surface area contributed by atoms with Crippen LogP contribution >= 0.6 is 0 Å². The number of amides is 1. The average Bonchev–Trinajstić information content (AvgIpc) is 2.04. The number of nitrogens with zero attached hydrogens (tertiary/aromatic N) is 2. The number of aryl methyl sites for hydroxylation is 1. The van der Waals surface area contributed by atoms with E-state index in [2.05, 4.69) is 15.3 Å². The molecule has 0 radical (unpaired) electrons. The zero-order valence-electron chi connectivity index (χ0n) is 8.03. The summed E-state index contributed by atoms with van der Waals surface area (Å²) >= 11 is 0. The molecule has 1 aromatic rings. The van der Waals surface area contributed by atoms with Crippen molar-refractivity contribution in [2.75, 3.05) is 5.32 Å². The van der Waals surface area contributed by atoms with E-state index in [0.717, 1.165) is 5.69 Å². The standard InChI is InChI=1S/C9H13N3O/c1-6(2)9(13)12-8-4-7(3)10-5-11-8/h4-6H,1-3H3,(H,10,11,12,13). The lowest BCUT2D eigenvalue weighted by molar-refractivity contribution is -0.118. The van der Waals surface area contributed by atoms with Crippen molar-refractivity contribution in [2.24, 2.45) is 5.92 Å². The Morgan fingerprint density at radius 1 is 1.46 bits per heavy atom. The largest absolute Gasteiger partial charge is 0.310 e. The summed E-state index contributed by atoms with van der Waals surface area (Å²) in [5.41, 5.74) is 0.842. The summed E-state index contributed by atoms with van der Waals surface area (Å²) in [5.74, 6) is 0.500. The van der Waals surface area contributed by atoms with Crippen LogP contribution < -0.4 is 5.32 Å². The van der Waals surface area contributed by atoms with Gasteiger partial charge in [-0.05, 0) is 6.92 Å². The number of carbonyl (C=O) groups excluding carboxylic acids is 1. The van der Waals surface area contributed by atoms with E-state index in [4.69, 9.17) is 0 Å². The topological polar surface area (TPSA) is 54.9 Å². The molecule has 4 heteroatoms. The van der Waals surface area contributed by atoms with Crippen molar-refractivity contribution in [2.45, 2.75) is 20.8 Å². The Balaban J connectivity index is 2.69. The predicted octanol–water partition coefficient (Wildman–Crippen LogP) is 1.38. The molecule has 4 nitrogen and oxygen atoms in total. The van der Waals surface area contributed by atoms with E-state index in [1.807, 2.05) is 20.8 Å². The normalized spacial score (nSPS) is 10.2. The lowest BCUT2D eigenvalue weighted by atomic mass is 10.2. The fraction of sp³-hybridized carbons (Fsp3) is 0.444. The van der Waals surface area contributed by atoms with Crippen molar-refractivity contribution in [1.29, 1.82) is 0 Å². The molecule has 1 rings (SSSR count). The highest BCUT2D eigenvalue weighted by molar-refractivity contribution is 5.91. The van der Waals surface area contributed by atoms with Gasteiger partial charge in [0.1, 0.15) is 12.1 Å². The molecular formula is C9H13N3O. The van der Waals surface area contributed by atoms with Crippen molar-refractivity contribution in [3.63, 3.8) is 0 Å². The molecule has 1 N–H and O–H groups in total. The maximum absolute atomic E-state index is 11.3. The molecule has 0 spiro atoms. The highest BCUT2D eigenvalue weighted by atomic mass is 16.1. The molecule has 0 aliphatic heterocycles. The van der Waals surface area contributed by atoms with Crippen LogP contribution in [0.25, 0.3) is 0 Å². The number of anilines is 1. The molecular weight excluding hydrogens is 166 g/mol. The molecule has 0 aliphatic carbocycles. The first-order valence-electron chi connectivity index (χ1n) is 4.19. The highest BCUT2D eigenvalue weighted by Gasteiger charge is 2.07. The van der Waals surface area contributed by atoms with E-state index in [-0.39, 0.29) is 11.8 Å². The van der Waals surface area contributed by atoms with Gasteiger partial charge in [0.2, 0.25) is 5.91 Å². The molecule has 0 saturated carbocycles. The van der Waals surface area contributed by atoms with Crippen molar-refractivity contribution in [3.8, 4) is 0 Å². The molecule has 1 heterocycles. The summed E-state index contributed by atoms with van der Waals surface area (Å²) < 4.78 is 0. The van der Waals surface area contributed by atoms with Gasteiger partial charge in [-0.2, -0.15) is 0 Å². The summed E-state index contributed by atoms with van der Waals surface area (Å²) in [6.45, 7) is 5.53. The lowest BCUT2D eigenvalue weighted by Gasteiger charge is -2.06. The third-order valence-electron chi connectivity index (χ3n) is 1.58. The van der Waals surface area contributed by atoms with E-state index in [9.17, 15) is 4.79 Å². The van der Waals surface area contributed by atoms with Crippen molar-refractivity contribution in [3.05, 3.63) is 18.1 Å². The maximum Gasteiger partial charge on any atom is 0.228 e. The Kier molecular flexibility index (Phi) is 2.95. The van der Waals surface area contributed by atoms with E-state index in [0.29, 0.717) is 5.82 Å². The smallest absolute Gasteiger partial charge is 0.228 e. The highest BCUT2D eigenvalue weighted by Crippen LogP contribution is 2.04. The quantitative estimate of drug-likeness (QED) is 0.746. The van der Waals surface area contributed by atoms with Crippen LogP contribution in [0, 0.1) is 12.8 Å². The SMILES string of the molecule is Cc1cc(NC(=O)C(C)C)ncn1. The van der Waals surface area contributed by atoms with Gasteiger partial charge < -0.3 is 5.32 Å². The van der Waals surface area contributed by atoms with E-state index in [1.54, 1.807) is 6.07 Å². The monoisotopic (exact) mass is 179 g/mol. The van der Waals surface area contributed by atoms with E-state index in [1.165, 1.54) is 6.33 Å². The van der Waals surface area contributed by atoms with Gasteiger partial charge in [0.25, 0.3) is 0 Å². The summed E-state index contributed by atoms with van der Waals surface area (Å²) in [6.07, 6.45) is 1.44. The van der Waals surface area contributed by atoms with E-state index >= 15 is 0 Å². The Morgan fingerprint density at radius 3 is 2.69 bits per heavy atom. The second-order valence-corrected chi connectivity index (χ2v) is 3.19. The maximum atomic E-state index is 11.3. The molecule has 1 amide bonds. The molecule has 0 atom stereocenters. The zero-order chi connectivity index (χ0) is 9.84. The number of nitrogens with one attached hydrogen (secondary N) is 1. The molecule has 0 fully saturated rings. The van der Waals surface area contributed by atoms with Crippen LogP contribution in [0.3, 0.4) is 0 Å². The lowest BCUT2D eigenvalue weighted by Crippen LogP contribution is -2.18. The number of hydrogen-bond acceptors (Lipinski definition) is 3. The van der Waals surface area contributed by atoms with Gasteiger partial charge in [-0.15, -0.1) is 0 Å². The summed E-state index contributed by atoms with van der Waals surface area (Å²) in [4.78, 5) is 19.1. The van der Waals surface area contributed by atoms with Gasteiger partial charge >= 0.3 is 0 Å². The van der Waals surface area contributed by atoms with Crippen LogP contribution in [-0.2, 0) is 4.79 Å². The molecule has 13 heavy (non-hydrogen) atoms. The number of carbonyl (C=O) groups is 1. The molecule has 0 bridgehead atoms.